The molecule has 0 aromatic rings. The van der Waals surface area contributed by atoms with Crippen molar-refractivity contribution in [2.45, 2.75) is 49.8 Å². The Morgan fingerprint density at radius 3 is 1.90 bits per heavy atom. The van der Waals surface area contributed by atoms with Crippen LogP contribution >= 0.6 is 26.3 Å². The average Bonchev–Trinajstić information content (AvgIpc) is 2.75. The first-order valence-electron chi connectivity index (χ1n) is 6.32. The van der Waals surface area contributed by atoms with Gasteiger partial charge in [0.05, 0.1) is 13.2 Å². The second-order valence-electron chi connectivity index (χ2n) is 4.70. The fourth-order valence-corrected chi connectivity index (χ4v) is 3.77. The van der Waals surface area contributed by atoms with Gasteiger partial charge in [0, 0.05) is 0 Å². The molecule has 1 saturated carbocycles. The number of alkyl halides is 3. The largest absolute Gasteiger partial charge is 0.477 e. The smallest absolute Gasteiger partial charge is 0.287 e. The molecule has 0 amide bonds. The molecule has 1 saturated heterocycles. The SMILES string of the molecule is O=P1(OC(F)C(F)F)OCCCO1.PC1(P)CCCC1. The van der Waals surface area contributed by atoms with Crippen LogP contribution in [0.2, 0.25) is 0 Å². The molecule has 3 unspecified atom stereocenters. The van der Waals surface area contributed by atoms with Crippen LogP contribution in [0.4, 0.5) is 13.2 Å². The van der Waals surface area contributed by atoms with Crippen molar-refractivity contribution in [3.05, 3.63) is 0 Å². The number of hydrogen-bond donors (Lipinski definition) is 0. The van der Waals surface area contributed by atoms with Crippen LogP contribution in [0.1, 0.15) is 32.1 Å². The Kier molecular flexibility index (Phi) is 7.91. The van der Waals surface area contributed by atoms with Gasteiger partial charge in [-0.1, -0.05) is 12.8 Å². The quantitative estimate of drug-likeness (QED) is 0.716. The summed E-state index contributed by atoms with van der Waals surface area (Å²) in [5, 5.41) is 0. The first-order valence-corrected chi connectivity index (χ1v) is 8.93. The van der Waals surface area contributed by atoms with Gasteiger partial charge in [-0.25, -0.2) is 22.3 Å². The molecule has 2 fully saturated rings. The van der Waals surface area contributed by atoms with Crippen molar-refractivity contribution < 1.29 is 31.3 Å². The second kappa shape index (κ2) is 8.41. The first kappa shape index (κ1) is 18.8. The minimum absolute atomic E-state index is 0.0488. The number of phosphoric acid groups is 1. The van der Waals surface area contributed by atoms with E-state index in [2.05, 4.69) is 32.1 Å². The van der Waals surface area contributed by atoms with Crippen molar-refractivity contribution >= 4 is 26.3 Å². The molecule has 1 heterocycles. The molecule has 0 bridgehead atoms. The molecule has 2 rings (SSSR count). The maximum absolute atomic E-state index is 12.3. The molecular formula is C10H20F3O4P3. The fraction of sp³-hybridized carbons (Fsp3) is 1.00. The minimum Gasteiger partial charge on any atom is -0.287 e. The summed E-state index contributed by atoms with van der Waals surface area (Å²) in [5.41, 5.74) is 0. The number of rotatable bonds is 3. The van der Waals surface area contributed by atoms with E-state index in [4.69, 9.17) is 0 Å². The average molecular weight is 354 g/mol. The van der Waals surface area contributed by atoms with E-state index in [0.29, 0.717) is 11.3 Å². The summed E-state index contributed by atoms with van der Waals surface area (Å²) in [6, 6.07) is 0. The zero-order chi connectivity index (χ0) is 15.2. The molecular weight excluding hydrogens is 334 g/mol. The van der Waals surface area contributed by atoms with Gasteiger partial charge in [-0.05, 0) is 24.2 Å². The third-order valence-corrected chi connectivity index (χ3v) is 5.36. The predicted molar refractivity (Wildman–Crippen MR) is 76.7 cm³/mol. The van der Waals surface area contributed by atoms with Crippen LogP contribution < -0.4 is 0 Å². The van der Waals surface area contributed by atoms with E-state index in [-0.39, 0.29) is 13.2 Å². The van der Waals surface area contributed by atoms with Crippen molar-refractivity contribution in [3.63, 3.8) is 0 Å². The Morgan fingerprint density at radius 1 is 1.05 bits per heavy atom. The number of phosphoric ester groups is 1. The topological polar surface area (TPSA) is 44.8 Å². The predicted octanol–water partition coefficient (Wildman–Crippen LogP) is 4.12. The lowest BCUT2D eigenvalue weighted by Crippen LogP contribution is -2.19. The van der Waals surface area contributed by atoms with E-state index < -0.39 is 20.6 Å². The summed E-state index contributed by atoms with van der Waals surface area (Å²) >= 11 is 0. The molecule has 4 nitrogen and oxygen atoms in total. The molecule has 10 heteroatoms. The van der Waals surface area contributed by atoms with Gasteiger partial charge in [-0.2, -0.15) is 0 Å². The Labute approximate surface area is 121 Å². The highest BCUT2D eigenvalue weighted by molar-refractivity contribution is 7.48. The third kappa shape index (κ3) is 7.15. The van der Waals surface area contributed by atoms with Crippen molar-refractivity contribution in [1.29, 1.82) is 0 Å². The van der Waals surface area contributed by atoms with Gasteiger partial charge >= 0.3 is 7.82 Å². The van der Waals surface area contributed by atoms with E-state index >= 15 is 0 Å². The molecule has 0 radical (unpaired) electrons. The summed E-state index contributed by atoms with van der Waals surface area (Å²) in [4.78, 5) is 0.528. The lowest BCUT2D eigenvalue weighted by atomic mass is 10.4. The Bertz CT molecular complexity index is 326. The number of hydrogen-bond acceptors (Lipinski definition) is 4. The molecule has 3 atom stereocenters. The maximum atomic E-state index is 12.3. The van der Waals surface area contributed by atoms with Crippen LogP contribution in [0.3, 0.4) is 0 Å². The highest BCUT2D eigenvalue weighted by atomic mass is 31.2. The molecule has 2 aliphatic rings. The van der Waals surface area contributed by atoms with Crippen LogP contribution in [0, 0.1) is 0 Å². The summed E-state index contributed by atoms with van der Waals surface area (Å²) in [6.07, 6.45) is -0.229. The van der Waals surface area contributed by atoms with Gasteiger partial charge in [0.1, 0.15) is 0 Å². The molecule has 1 aliphatic heterocycles. The zero-order valence-corrected chi connectivity index (χ0v) is 14.2. The van der Waals surface area contributed by atoms with E-state index in [9.17, 15) is 17.7 Å². The van der Waals surface area contributed by atoms with E-state index in [0.717, 1.165) is 0 Å². The molecule has 120 valence electrons. The van der Waals surface area contributed by atoms with Crippen LogP contribution in [0.15, 0.2) is 0 Å². The standard InChI is InChI=1S/C5H8F3O4P.C5H12P2/c6-4(7)5(8)12-13(9)10-2-1-3-11-13;6-5(7)3-1-2-4-5/h4-5H,1-3H2;1-4,6-7H2. The molecule has 0 aromatic heterocycles. The Hall–Kier alpha value is 0.760. The molecule has 20 heavy (non-hydrogen) atoms. The van der Waals surface area contributed by atoms with Crippen molar-refractivity contribution in [1.82, 2.24) is 0 Å². The lowest BCUT2D eigenvalue weighted by Gasteiger charge is -2.22. The summed E-state index contributed by atoms with van der Waals surface area (Å²) < 4.78 is 59.3. The normalized spacial score (nSPS) is 25.9. The highest BCUT2D eigenvalue weighted by Gasteiger charge is 2.36. The molecule has 1 aliphatic carbocycles. The van der Waals surface area contributed by atoms with Gasteiger partial charge in [-0.15, -0.1) is 18.5 Å². The van der Waals surface area contributed by atoms with Gasteiger partial charge in [0.15, 0.2) is 0 Å². The minimum atomic E-state index is -4.08. The van der Waals surface area contributed by atoms with Crippen molar-refractivity contribution in [2.24, 2.45) is 0 Å². The van der Waals surface area contributed by atoms with Crippen LogP contribution in [-0.4, -0.2) is 30.9 Å². The highest BCUT2D eigenvalue weighted by Crippen LogP contribution is 2.53. The molecule has 0 N–H and O–H groups in total. The van der Waals surface area contributed by atoms with Crippen molar-refractivity contribution in [2.75, 3.05) is 13.2 Å². The summed E-state index contributed by atoms with van der Waals surface area (Å²) in [6.45, 7) is 0.0977. The third-order valence-electron chi connectivity index (χ3n) is 2.75. The zero-order valence-electron chi connectivity index (χ0n) is 11.0. The van der Waals surface area contributed by atoms with Crippen LogP contribution in [0.25, 0.3) is 0 Å². The fourth-order valence-electron chi connectivity index (χ4n) is 1.71. The van der Waals surface area contributed by atoms with Gasteiger partial charge in [0.2, 0.25) is 0 Å². The van der Waals surface area contributed by atoms with E-state index in [1.54, 1.807) is 0 Å². The van der Waals surface area contributed by atoms with Gasteiger partial charge < -0.3 is 0 Å². The monoisotopic (exact) mass is 354 g/mol. The molecule has 0 aromatic carbocycles. The van der Waals surface area contributed by atoms with E-state index in [1.807, 2.05) is 0 Å². The maximum Gasteiger partial charge on any atom is 0.477 e. The number of halogens is 3. The van der Waals surface area contributed by atoms with Crippen LogP contribution in [0.5, 0.6) is 0 Å². The Morgan fingerprint density at radius 2 is 1.55 bits per heavy atom. The lowest BCUT2D eigenvalue weighted by molar-refractivity contribution is -0.0906. The van der Waals surface area contributed by atoms with Gasteiger partial charge in [-0.3, -0.25) is 9.05 Å². The Balaban J connectivity index is 0.000000240. The summed E-state index contributed by atoms with van der Waals surface area (Å²) in [5.74, 6) is 0. The van der Waals surface area contributed by atoms with Crippen LogP contribution in [-0.2, 0) is 18.1 Å². The first-order chi connectivity index (χ1) is 9.24. The van der Waals surface area contributed by atoms with E-state index in [1.165, 1.54) is 25.7 Å². The molecule has 0 spiro atoms. The van der Waals surface area contributed by atoms with Gasteiger partial charge in [0.25, 0.3) is 12.8 Å². The van der Waals surface area contributed by atoms with Crippen molar-refractivity contribution in [3.8, 4) is 0 Å². The second-order valence-corrected chi connectivity index (χ2v) is 9.29. The summed E-state index contributed by atoms with van der Waals surface area (Å²) in [7, 11) is 1.71.